The lowest BCUT2D eigenvalue weighted by Crippen LogP contribution is -2.37. The van der Waals surface area contributed by atoms with E-state index in [4.69, 9.17) is 10.5 Å². The molecule has 1 aliphatic heterocycles. The Bertz CT molecular complexity index is 574. The lowest BCUT2D eigenvalue weighted by Gasteiger charge is -2.25. The van der Waals surface area contributed by atoms with E-state index in [1.54, 1.807) is 4.68 Å². The summed E-state index contributed by atoms with van der Waals surface area (Å²) in [6.45, 7) is 5.05. The molecule has 1 saturated heterocycles. The molecule has 0 amide bonds. The Kier molecular flexibility index (Phi) is 3.08. The largest absolute Gasteiger partial charge is 0.378 e. The third-order valence-corrected chi connectivity index (χ3v) is 3.26. The highest BCUT2D eigenvalue weighted by Crippen LogP contribution is 2.19. The summed E-state index contributed by atoms with van der Waals surface area (Å²) < 4.78 is 7.02. The number of aryl methyl sites for hydroxylation is 1. The highest BCUT2D eigenvalue weighted by Gasteiger charge is 2.18. The molecule has 2 heterocycles. The van der Waals surface area contributed by atoms with Crippen LogP contribution in [-0.2, 0) is 4.74 Å². The lowest BCUT2D eigenvalue weighted by atomic mass is 10.2. The minimum Gasteiger partial charge on any atom is -0.378 e. The Labute approximate surface area is 111 Å². The standard InChI is InChI=1S/C13H17N5O/c1-10-4-2-3-5-11(10)18-12(14)15-13(16-18)17-6-8-19-9-7-17/h2-5H,6-9H2,1H3,(H2,14,15,16). The van der Waals surface area contributed by atoms with Gasteiger partial charge in [-0.15, -0.1) is 5.10 Å². The van der Waals surface area contributed by atoms with Crippen molar-refractivity contribution >= 4 is 11.9 Å². The van der Waals surface area contributed by atoms with Crippen molar-refractivity contribution in [1.82, 2.24) is 14.8 Å². The minimum atomic E-state index is 0.413. The highest BCUT2D eigenvalue weighted by atomic mass is 16.5. The molecule has 2 aromatic rings. The number of anilines is 2. The maximum atomic E-state index is 5.98. The Hall–Kier alpha value is -2.08. The fourth-order valence-corrected chi connectivity index (χ4v) is 2.19. The van der Waals surface area contributed by atoms with Crippen molar-refractivity contribution in [2.75, 3.05) is 36.9 Å². The molecular weight excluding hydrogens is 242 g/mol. The number of ether oxygens (including phenoxy) is 1. The molecule has 0 atom stereocenters. The van der Waals surface area contributed by atoms with Gasteiger partial charge < -0.3 is 15.4 Å². The second-order valence-electron chi connectivity index (χ2n) is 4.57. The van der Waals surface area contributed by atoms with Gasteiger partial charge in [-0.3, -0.25) is 0 Å². The Morgan fingerprint density at radius 3 is 2.68 bits per heavy atom. The molecule has 0 aliphatic carbocycles. The smallest absolute Gasteiger partial charge is 0.247 e. The van der Waals surface area contributed by atoms with E-state index in [0.29, 0.717) is 25.1 Å². The highest BCUT2D eigenvalue weighted by molar-refractivity contribution is 5.47. The first kappa shape index (κ1) is 12.0. The topological polar surface area (TPSA) is 69.2 Å². The van der Waals surface area contributed by atoms with Crippen LogP contribution in [0.4, 0.5) is 11.9 Å². The van der Waals surface area contributed by atoms with Gasteiger partial charge in [0.1, 0.15) is 0 Å². The molecule has 100 valence electrons. The zero-order valence-corrected chi connectivity index (χ0v) is 10.9. The normalized spacial score (nSPS) is 15.7. The molecule has 1 aliphatic rings. The maximum Gasteiger partial charge on any atom is 0.247 e. The van der Waals surface area contributed by atoms with Crippen LogP contribution in [0.3, 0.4) is 0 Å². The molecule has 19 heavy (non-hydrogen) atoms. The van der Waals surface area contributed by atoms with E-state index in [2.05, 4.69) is 15.0 Å². The lowest BCUT2D eigenvalue weighted by molar-refractivity contribution is 0.122. The number of hydrogen-bond acceptors (Lipinski definition) is 5. The zero-order valence-electron chi connectivity index (χ0n) is 10.9. The van der Waals surface area contributed by atoms with Crippen molar-refractivity contribution < 1.29 is 4.74 Å². The predicted octanol–water partition coefficient (Wildman–Crippen LogP) is 0.995. The number of rotatable bonds is 2. The molecule has 0 radical (unpaired) electrons. The monoisotopic (exact) mass is 259 g/mol. The SMILES string of the molecule is Cc1ccccc1-n1nc(N2CCOCC2)nc1N. The summed E-state index contributed by atoms with van der Waals surface area (Å²) >= 11 is 0. The number of aromatic nitrogens is 3. The first-order valence-electron chi connectivity index (χ1n) is 6.37. The summed E-state index contributed by atoms with van der Waals surface area (Å²) in [6, 6.07) is 7.99. The van der Waals surface area contributed by atoms with Gasteiger partial charge in [0.25, 0.3) is 0 Å². The van der Waals surface area contributed by atoms with Crippen LogP contribution in [0.2, 0.25) is 0 Å². The molecule has 1 aromatic carbocycles. The van der Waals surface area contributed by atoms with E-state index in [1.807, 2.05) is 31.2 Å². The Morgan fingerprint density at radius 2 is 1.95 bits per heavy atom. The van der Waals surface area contributed by atoms with Crippen LogP contribution in [0.15, 0.2) is 24.3 Å². The summed E-state index contributed by atoms with van der Waals surface area (Å²) in [5.74, 6) is 1.08. The number of nitrogen functional groups attached to an aromatic ring is 1. The molecule has 1 aromatic heterocycles. The van der Waals surface area contributed by atoms with E-state index in [0.717, 1.165) is 24.3 Å². The third kappa shape index (κ3) is 2.26. The maximum absolute atomic E-state index is 5.98. The van der Waals surface area contributed by atoms with Crippen LogP contribution < -0.4 is 10.6 Å². The second-order valence-corrected chi connectivity index (χ2v) is 4.57. The van der Waals surface area contributed by atoms with Crippen LogP contribution in [0, 0.1) is 6.92 Å². The van der Waals surface area contributed by atoms with Crippen molar-refractivity contribution in [3.05, 3.63) is 29.8 Å². The van der Waals surface area contributed by atoms with Gasteiger partial charge in [-0.25, -0.2) is 0 Å². The van der Waals surface area contributed by atoms with Gasteiger partial charge >= 0.3 is 0 Å². The second kappa shape index (κ2) is 4.89. The molecule has 0 unspecified atom stereocenters. The van der Waals surface area contributed by atoms with Gasteiger partial charge in [-0.2, -0.15) is 9.67 Å². The van der Waals surface area contributed by atoms with Crippen LogP contribution in [0.5, 0.6) is 0 Å². The quantitative estimate of drug-likeness (QED) is 0.871. The molecule has 6 nitrogen and oxygen atoms in total. The molecule has 1 fully saturated rings. The average Bonchev–Trinajstić information content (AvgIpc) is 2.82. The van der Waals surface area contributed by atoms with Crippen LogP contribution in [0.25, 0.3) is 5.69 Å². The average molecular weight is 259 g/mol. The molecule has 0 spiro atoms. The predicted molar refractivity (Wildman–Crippen MR) is 73.5 cm³/mol. The van der Waals surface area contributed by atoms with Crippen molar-refractivity contribution in [3.63, 3.8) is 0 Å². The summed E-state index contributed by atoms with van der Waals surface area (Å²) in [6.07, 6.45) is 0. The number of nitrogens with two attached hydrogens (primary N) is 1. The van der Waals surface area contributed by atoms with Crippen molar-refractivity contribution in [2.45, 2.75) is 6.92 Å². The van der Waals surface area contributed by atoms with Gasteiger partial charge in [0, 0.05) is 13.1 Å². The van der Waals surface area contributed by atoms with Gasteiger partial charge in [0.15, 0.2) is 0 Å². The summed E-state index contributed by atoms with van der Waals surface area (Å²) in [5.41, 5.74) is 8.06. The van der Waals surface area contributed by atoms with Gasteiger partial charge in [0.05, 0.1) is 18.9 Å². The Morgan fingerprint density at radius 1 is 1.21 bits per heavy atom. The molecular formula is C13H17N5O. The van der Waals surface area contributed by atoms with E-state index in [9.17, 15) is 0 Å². The van der Waals surface area contributed by atoms with E-state index < -0.39 is 0 Å². The molecule has 0 saturated carbocycles. The van der Waals surface area contributed by atoms with Crippen LogP contribution >= 0.6 is 0 Å². The van der Waals surface area contributed by atoms with Crippen molar-refractivity contribution in [1.29, 1.82) is 0 Å². The fourth-order valence-electron chi connectivity index (χ4n) is 2.19. The van der Waals surface area contributed by atoms with E-state index in [-0.39, 0.29) is 0 Å². The van der Waals surface area contributed by atoms with Gasteiger partial charge in [0.2, 0.25) is 11.9 Å². The third-order valence-electron chi connectivity index (χ3n) is 3.26. The minimum absolute atomic E-state index is 0.413. The summed E-state index contributed by atoms with van der Waals surface area (Å²) in [7, 11) is 0. The zero-order chi connectivity index (χ0) is 13.2. The van der Waals surface area contributed by atoms with Crippen molar-refractivity contribution in [3.8, 4) is 5.69 Å². The number of benzene rings is 1. The summed E-state index contributed by atoms with van der Waals surface area (Å²) in [4.78, 5) is 6.44. The van der Waals surface area contributed by atoms with Gasteiger partial charge in [-0.1, -0.05) is 18.2 Å². The molecule has 0 bridgehead atoms. The van der Waals surface area contributed by atoms with Crippen molar-refractivity contribution in [2.24, 2.45) is 0 Å². The van der Waals surface area contributed by atoms with Crippen LogP contribution in [0.1, 0.15) is 5.56 Å². The first-order valence-corrected chi connectivity index (χ1v) is 6.37. The number of para-hydroxylation sites is 1. The van der Waals surface area contributed by atoms with E-state index in [1.165, 1.54) is 0 Å². The Balaban J connectivity index is 1.95. The molecule has 6 heteroatoms. The fraction of sp³-hybridized carbons (Fsp3) is 0.385. The molecule has 3 rings (SSSR count). The first-order chi connectivity index (χ1) is 9.25. The summed E-state index contributed by atoms with van der Waals surface area (Å²) in [5, 5.41) is 4.52. The number of morpholine rings is 1. The number of nitrogens with zero attached hydrogens (tertiary/aromatic N) is 4. The van der Waals surface area contributed by atoms with E-state index >= 15 is 0 Å². The van der Waals surface area contributed by atoms with Crippen LogP contribution in [-0.4, -0.2) is 41.1 Å². The van der Waals surface area contributed by atoms with Gasteiger partial charge in [-0.05, 0) is 18.6 Å². The number of hydrogen-bond donors (Lipinski definition) is 1. The molecule has 2 N–H and O–H groups in total.